The molecule has 0 radical (unpaired) electrons. The van der Waals surface area contributed by atoms with Crippen molar-refractivity contribution in [3.05, 3.63) is 72.2 Å². The van der Waals surface area contributed by atoms with E-state index in [-0.39, 0.29) is 5.69 Å². The van der Waals surface area contributed by atoms with Crippen LogP contribution >= 0.6 is 0 Å². The molecule has 0 fully saturated rings. The van der Waals surface area contributed by atoms with Gasteiger partial charge in [0.05, 0.1) is 4.92 Å². The first-order valence-electron chi connectivity index (χ1n) is 7.13. The van der Waals surface area contributed by atoms with Gasteiger partial charge in [0.1, 0.15) is 5.69 Å². The SMILES string of the molecule is Cc1c(/C=C/c2[nH]c(=O)[nH]c(=O)c2[N+](=O)[O-])c2ccccc2n1C. The predicted molar refractivity (Wildman–Crippen MR) is 90.9 cm³/mol. The Balaban J connectivity index is 2.21. The van der Waals surface area contributed by atoms with Gasteiger partial charge in [-0.1, -0.05) is 24.3 Å². The van der Waals surface area contributed by atoms with Gasteiger partial charge in [-0.05, 0) is 19.1 Å². The highest BCUT2D eigenvalue weighted by Gasteiger charge is 2.19. The van der Waals surface area contributed by atoms with E-state index in [4.69, 9.17) is 0 Å². The number of nitro groups is 1. The van der Waals surface area contributed by atoms with E-state index >= 15 is 0 Å². The number of aromatic amines is 2. The molecule has 8 heteroatoms. The maximum Gasteiger partial charge on any atom is 0.357 e. The second-order valence-electron chi connectivity index (χ2n) is 5.34. The molecule has 0 aliphatic carbocycles. The number of H-pyrrole nitrogens is 2. The number of benzene rings is 1. The van der Waals surface area contributed by atoms with Gasteiger partial charge in [-0.25, -0.2) is 4.79 Å². The average molecular weight is 326 g/mol. The minimum atomic E-state index is -1.03. The summed E-state index contributed by atoms with van der Waals surface area (Å²) in [4.78, 5) is 37.5. The summed E-state index contributed by atoms with van der Waals surface area (Å²) in [6.45, 7) is 1.93. The minimum absolute atomic E-state index is 0.138. The fourth-order valence-corrected chi connectivity index (χ4v) is 2.73. The fraction of sp³-hybridized carbons (Fsp3) is 0.125. The van der Waals surface area contributed by atoms with Crippen molar-refractivity contribution in [2.75, 3.05) is 0 Å². The molecule has 122 valence electrons. The normalized spacial score (nSPS) is 11.4. The molecule has 24 heavy (non-hydrogen) atoms. The molecular formula is C16H14N4O4. The maximum absolute atomic E-state index is 11.6. The van der Waals surface area contributed by atoms with Gasteiger partial charge in [-0.15, -0.1) is 0 Å². The number of nitrogens with zero attached hydrogens (tertiary/aromatic N) is 2. The van der Waals surface area contributed by atoms with E-state index < -0.39 is 21.9 Å². The summed E-state index contributed by atoms with van der Waals surface area (Å²) in [6.07, 6.45) is 3.04. The van der Waals surface area contributed by atoms with Crippen molar-refractivity contribution in [2.45, 2.75) is 6.92 Å². The van der Waals surface area contributed by atoms with Crippen LogP contribution in [0.3, 0.4) is 0 Å². The van der Waals surface area contributed by atoms with E-state index in [0.29, 0.717) is 0 Å². The molecular weight excluding hydrogens is 312 g/mol. The summed E-state index contributed by atoms with van der Waals surface area (Å²) < 4.78 is 2.00. The van der Waals surface area contributed by atoms with Crippen LogP contribution in [0.5, 0.6) is 0 Å². The number of aryl methyl sites for hydroxylation is 1. The third kappa shape index (κ3) is 2.43. The highest BCUT2D eigenvalue weighted by molar-refractivity contribution is 5.93. The van der Waals surface area contributed by atoms with Crippen molar-refractivity contribution >= 4 is 28.7 Å². The van der Waals surface area contributed by atoms with Gasteiger partial charge >= 0.3 is 16.9 Å². The van der Waals surface area contributed by atoms with Crippen LogP contribution in [-0.4, -0.2) is 19.5 Å². The number of aromatic nitrogens is 3. The Kier molecular flexibility index (Phi) is 3.64. The predicted octanol–water partition coefficient (Wildman–Crippen LogP) is 1.94. The lowest BCUT2D eigenvalue weighted by molar-refractivity contribution is -0.386. The van der Waals surface area contributed by atoms with E-state index in [0.717, 1.165) is 22.2 Å². The first-order chi connectivity index (χ1) is 11.4. The van der Waals surface area contributed by atoms with E-state index in [1.807, 2.05) is 47.8 Å². The topological polar surface area (TPSA) is 114 Å². The zero-order valence-electron chi connectivity index (χ0n) is 13.0. The quantitative estimate of drug-likeness (QED) is 0.565. The molecule has 0 atom stereocenters. The first-order valence-corrected chi connectivity index (χ1v) is 7.13. The van der Waals surface area contributed by atoms with Gasteiger partial charge in [0.25, 0.3) is 0 Å². The van der Waals surface area contributed by atoms with Gasteiger partial charge < -0.3 is 9.55 Å². The van der Waals surface area contributed by atoms with Crippen LogP contribution in [0, 0.1) is 17.0 Å². The summed E-state index contributed by atoms with van der Waals surface area (Å²) in [5, 5.41) is 12.0. The van der Waals surface area contributed by atoms with Crippen LogP contribution in [0.25, 0.3) is 23.1 Å². The number of hydrogen-bond donors (Lipinski definition) is 2. The van der Waals surface area contributed by atoms with Crippen molar-refractivity contribution < 1.29 is 4.92 Å². The molecule has 0 saturated heterocycles. The molecule has 0 amide bonds. The second kappa shape index (κ2) is 5.65. The lowest BCUT2D eigenvalue weighted by Crippen LogP contribution is -2.25. The Bertz CT molecular complexity index is 1100. The number of para-hydroxylation sites is 1. The van der Waals surface area contributed by atoms with E-state index in [9.17, 15) is 19.7 Å². The molecule has 2 heterocycles. The Labute approximate surface area is 135 Å². The van der Waals surface area contributed by atoms with Crippen molar-refractivity contribution in [1.29, 1.82) is 0 Å². The third-order valence-electron chi connectivity index (χ3n) is 3.99. The maximum atomic E-state index is 11.6. The van der Waals surface area contributed by atoms with Gasteiger partial charge in [0.15, 0.2) is 0 Å². The molecule has 1 aromatic carbocycles. The van der Waals surface area contributed by atoms with Crippen LogP contribution in [0.4, 0.5) is 5.69 Å². The Morgan fingerprint density at radius 3 is 2.58 bits per heavy atom. The van der Waals surface area contributed by atoms with E-state index in [1.54, 1.807) is 6.08 Å². The minimum Gasteiger partial charge on any atom is -0.347 e. The fourth-order valence-electron chi connectivity index (χ4n) is 2.73. The van der Waals surface area contributed by atoms with Crippen molar-refractivity contribution in [1.82, 2.24) is 14.5 Å². The van der Waals surface area contributed by atoms with Crippen LogP contribution in [0.1, 0.15) is 17.0 Å². The molecule has 3 aromatic rings. The molecule has 0 bridgehead atoms. The van der Waals surface area contributed by atoms with Crippen molar-refractivity contribution in [3.8, 4) is 0 Å². The third-order valence-corrected chi connectivity index (χ3v) is 3.99. The van der Waals surface area contributed by atoms with Crippen LogP contribution in [0.2, 0.25) is 0 Å². The largest absolute Gasteiger partial charge is 0.357 e. The number of fused-ring (bicyclic) bond motifs is 1. The number of rotatable bonds is 3. The summed E-state index contributed by atoms with van der Waals surface area (Å²) in [6, 6.07) is 7.74. The van der Waals surface area contributed by atoms with Crippen molar-refractivity contribution in [3.63, 3.8) is 0 Å². The molecule has 0 aliphatic rings. The lowest BCUT2D eigenvalue weighted by atomic mass is 10.1. The zero-order chi connectivity index (χ0) is 17.4. The first kappa shape index (κ1) is 15.5. The summed E-state index contributed by atoms with van der Waals surface area (Å²) in [5.74, 6) is 0. The zero-order valence-corrected chi connectivity index (χ0v) is 13.0. The monoisotopic (exact) mass is 326 g/mol. The van der Waals surface area contributed by atoms with Crippen molar-refractivity contribution in [2.24, 2.45) is 7.05 Å². The second-order valence-corrected chi connectivity index (χ2v) is 5.34. The summed E-state index contributed by atoms with van der Waals surface area (Å²) in [5.41, 5.74) is 0.192. The van der Waals surface area contributed by atoms with Gasteiger partial charge in [-0.3, -0.25) is 19.9 Å². The van der Waals surface area contributed by atoms with Crippen LogP contribution < -0.4 is 11.2 Å². The Morgan fingerprint density at radius 1 is 1.17 bits per heavy atom. The highest BCUT2D eigenvalue weighted by Crippen LogP contribution is 2.26. The Hall–Kier alpha value is -3.42. The van der Waals surface area contributed by atoms with Crippen LogP contribution in [0.15, 0.2) is 33.9 Å². The molecule has 0 spiro atoms. The smallest absolute Gasteiger partial charge is 0.347 e. The van der Waals surface area contributed by atoms with E-state index in [2.05, 4.69) is 4.98 Å². The van der Waals surface area contributed by atoms with Gasteiger partial charge in [-0.2, -0.15) is 0 Å². The molecule has 0 aliphatic heterocycles. The highest BCUT2D eigenvalue weighted by atomic mass is 16.6. The molecule has 3 rings (SSSR count). The van der Waals surface area contributed by atoms with Crippen LogP contribution in [-0.2, 0) is 7.05 Å². The standard InChI is InChI=1S/C16H14N4O4/c1-9-10(11-5-3-4-6-13(11)19(9)2)7-8-12-14(20(23)24)15(21)18-16(22)17-12/h3-8H,1-2H3,(H2,17,18,21,22)/b8-7+. The molecule has 8 nitrogen and oxygen atoms in total. The molecule has 2 aromatic heterocycles. The molecule has 0 unspecified atom stereocenters. The number of hydrogen-bond acceptors (Lipinski definition) is 4. The summed E-state index contributed by atoms with van der Waals surface area (Å²) in [7, 11) is 1.92. The summed E-state index contributed by atoms with van der Waals surface area (Å²) >= 11 is 0. The van der Waals surface area contributed by atoms with Gasteiger partial charge in [0, 0.05) is 29.2 Å². The van der Waals surface area contributed by atoms with Gasteiger partial charge in [0.2, 0.25) is 0 Å². The Morgan fingerprint density at radius 2 is 1.88 bits per heavy atom. The van der Waals surface area contributed by atoms with E-state index in [1.165, 1.54) is 6.08 Å². The molecule has 0 saturated carbocycles. The number of nitrogens with one attached hydrogen (secondary N) is 2. The average Bonchev–Trinajstić information content (AvgIpc) is 2.76. The lowest BCUT2D eigenvalue weighted by Gasteiger charge is -1.98. The molecule has 2 N–H and O–H groups in total.